The molecule has 2 heterocycles. The first-order chi connectivity index (χ1) is 10.3. The lowest BCUT2D eigenvalue weighted by molar-refractivity contribution is 0.151. The van der Waals surface area contributed by atoms with Gasteiger partial charge in [0.2, 0.25) is 0 Å². The van der Waals surface area contributed by atoms with Crippen molar-refractivity contribution in [1.29, 1.82) is 0 Å². The number of amides is 1. The molecular formula is C16H22N2O3. The number of methoxy groups -OCH3 is 1. The van der Waals surface area contributed by atoms with Gasteiger partial charge in [-0.05, 0) is 49.5 Å². The summed E-state index contributed by atoms with van der Waals surface area (Å²) in [6.07, 6.45) is 2.04. The van der Waals surface area contributed by atoms with Crippen LogP contribution in [-0.4, -0.2) is 43.8 Å². The van der Waals surface area contributed by atoms with Crippen molar-refractivity contribution in [3.8, 4) is 5.75 Å². The molecule has 1 N–H and O–H groups in total. The average molecular weight is 290 g/mol. The molecule has 0 aromatic heterocycles. The van der Waals surface area contributed by atoms with E-state index in [2.05, 4.69) is 5.32 Å². The molecule has 0 spiro atoms. The number of nitrogens with one attached hydrogen (secondary N) is 1. The van der Waals surface area contributed by atoms with E-state index in [0.717, 1.165) is 37.2 Å². The molecule has 0 bridgehead atoms. The molecule has 1 amide bonds. The second-order valence-corrected chi connectivity index (χ2v) is 5.71. The van der Waals surface area contributed by atoms with Crippen LogP contribution in [0.3, 0.4) is 0 Å². The predicted molar refractivity (Wildman–Crippen MR) is 79.3 cm³/mol. The van der Waals surface area contributed by atoms with E-state index in [1.54, 1.807) is 7.11 Å². The summed E-state index contributed by atoms with van der Waals surface area (Å²) in [5.41, 5.74) is 1.11. The van der Waals surface area contributed by atoms with Crippen molar-refractivity contribution in [2.24, 2.45) is 5.92 Å². The van der Waals surface area contributed by atoms with E-state index in [1.807, 2.05) is 29.2 Å². The van der Waals surface area contributed by atoms with Gasteiger partial charge in [-0.1, -0.05) is 12.1 Å². The maximum atomic E-state index is 12.0. The van der Waals surface area contributed by atoms with E-state index in [4.69, 9.17) is 9.47 Å². The van der Waals surface area contributed by atoms with Crippen LogP contribution in [0, 0.1) is 5.92 Å². The Labute approximate surface area is 125 Å². The average Bonchev–Trinajstić information content (AvgIpc) is 2.90. The largest absolute Gasteiger partial charge is 0.497 e. The standard InChI is InChI=1S/C16H22N2O3/c1-20-14-4-2-12(3-5-14)10-18-15(11-21-16(18)19)13-6-8-17-9-7-13/h2-5,13,15,17H,6-11H2,1H3. The van der Waals surface area contributed by atoms with E-state index in [0.29, 0.717) is 19.1 Å². The zero-order valence-corrected chi connectivity index (χ0v) is 12.4. The lowest BCUT2D eigenvalue weighted by Gasteiger charge is -2.32. The number of nitrogens with zero attached hydrogens (tertiary/aromatic N) is 1. The molecule has 1 unspecified atom stereocenters. The second kappa shape index (κ2) is 6.35. The summed E-state index contributed by atoms with van der Waals surface area (Å²) in [5, 5.41) is 3.37. The fraction of sp³-hybridized carbons (Fsp3) is 0.562. The molecule has 0 aliphatic carbocycles. The minimum absolute atomic E-state index is 0.186. The van der Waals surface area contributed by atoms with Crippen molar-refractivity contribution < 1.29 is 14.3 Å². The van der Waals surface area contributed by atoms with Crippen LogP contribution in [0.5, 0.6) is 5.75 Å². The van der Waals surface area contributed by atoms with Gasteiger partial charge in [-0.3, -0.25) is 4.90 Å². The number of hydrogen-bond acceptors (Lipinski definition) is 4. The molecule has 2 saturated heterocycles. The van der Waals surface area contributed by atoms with Crippen molar-refractivity contribution >= 4 is 6.09 Å². The molecule has 1 aromatic carbocycles. The molecule has 114 valence electrons. The number of rotatable bonds is 4. The highest BCUT2D eigenvalue weighted by atomic mass is 16.6. The third kappa shape index (κ3) is 3.13. The van der Waals surface area contributed by atoms with Crippen LogP contribution in [0.1, 0.15) is 18.4 Å². The summed E-state index contributed by atoms with van der Waals surface area (Å²) < 4.78 is 10.5. The van der Waals surface area contributed by atoms with Gasteiger partial charge in [0, 0.05) is 6.54 Å². The maximum Gasteiger partial charge on any atom is 0.410 e. The van der Waals surface area contributed by atoms with E-state index in [9.17, 15) is 4.79 Å². The molecule has 3 rings (SSSR count). The number of cyclic esters (lactones) is 1. The predicted octanol–water partition coefficient (Wildman–Crippen LogP) is 2.02. The van der Waals surface area contributed by atoms with Gasteiger partial charge in [-0.2, -0.15) is 0 Å². The zero-order valence-electron chi connectivity index (χ0n) is 12.4. The summed E-state index contributed by atoms with van der Waals surface area (Å²) in [6, 6.07) is 8.07. The normalized spacial score (nSPS) is 23.2. The van der Waals surface area contributed by atoms with Gasteiger partial charge in [0.25, 0.3) is 0 Å². The molecule has 2 aliphatic rings. The van der Waals surface area contributed by atoms with Gasteiger partial charge in [0.15, 0.2) is 0 Å². The Morgan fingerprint density at radius 1 is 1.29 bits per heavy atom. The Bertz CT molecular complexity index is 483. The Hall–Kier alpha value is -1.75. The molecule has 5 nitrogen and oxygen atoms in total. The van der Waals surface area contributed by atoms with Crippen LogP contribution in [0.15, 0.2) is 24.3 Å². The van der Waals surface area contributed by atoms with Crippen molar-refractivity contribution in [2.45, 2.75) is 25.4 Å². The van der Waals surface area contributed by atoms with Gasteiger partial charge >= 0.3 is 6.09 Å². The molecular weight excluding hydrogens is 268 g/mol. The van der Waals surface area contributed by atoms with Crippen molar-refractivity contribution in [3.05, 3.63) is 29.8 Å². The summed E-state index contributed by atoms with van der Waals surface area (Å²) in [6.45, 7) is 3.20. The molecule has 2 aliphatic heterocycles. The molecule has 21 heavy (non-hydrogen) atoms. The third-order valence-electron chi connectivity index (χ3n) is 4.45. The minimum Gasteiger partial charge on any atom is -0.497 e. The minimum atomic E-state index is -0.186. The van der Waals surface area contributed by atoms with Gasteiger partial charge in [0.1, 0.15) is 12.4 Å². The first-order valence-electron chi connectivity index (χ1n) is 7.55. The first kappa shape index (κ1) is 14.2. The van der Waals surface area contributed by atoms with Gasteiger partial charge in [-0.15, -0.1) is 0 Å². The van der Waals surface area contributed by atoms with E-state index in [-0.39, 0.29) is 12.1 Å². The molecule has 1 aromatic rings. The number of ether oxygens (including phenoxy) is 2. The highest BCUT2D eigenvalue weighted by Crippen LogP contribution is 2.28. The Balaban J connectivity index is 1.69. The van der Waals surface area contributed by atoms with E-state index >= 15 is 0 Å². The summed E-state index contributed by atoms with van der Waals surface area (Å²) in [7, 11) is 1.65. The molecule has 0 radical (unpaired) electrons. The second-order valence-electron chi connectivity index (χ2n) is 5.71. The van der Waals surface area contributed by atoms with Crippen LogP contribution in [0.4, 0.5) is 4.79 Å². The maximum absolute atomic E-state index is 12.0. The highest BCUT2D eigenvalue weighted by Gasteiger charge is 2.38. The van der Waals surface area contributed by atoms with Crippen LogP contribution < -0.4 is 10.1 Å². The van der Waals surface area contributed by atoms with Gasteiger partial charge in [-0.25, -0.2) is 4.79 Å². The summed E-state index contributed by atoms with van der Waals surface area (Å²) >= 11 is 0. The SMILES string of the molecule is COc1ccc(CN2C(=O)OCC2C2CCNCC2)cc1. The van der Waals surface area contributed by atoms with Crippen molar-refractivity contribution in [1.82, 2.24) is 10.2 Å². The van der Waals surface area contributed by atoms with E-state index in [1.165, 1.54) is 0 Å². The van der Waals surface area contributed by atoms with Crippen LogP contribution in [-0.2, 0) is 11.3 Å². The molecule has 5 heteroatoms. The topological polar surface area (TPSA) is 50.8 Å². The van der Waals surface area contributed by atoms with E-state index < -0.39 is 0 Å². The molecule has 1 atom stereocenters. The Morgan fingerprint density at radius 2 is 2.00 bits per heavy atom. The van der Waals surface area contributed by atoms with Crippen LogP contribution in [0.25, 0.3) is 0 Å². The Kier molecular flexibility index (Phi) is 4.29. The number of carbonyl (C=O) groups excluding carboxylic acids is 1. The number of piperidine rings is 1. The molecule has 2 fully saturated rings. The fourth-order valence-corrected chi connectivity index (χ4v) is 3.19. The number of benzene rings is 1. The lowest BCUT2D eigenvalue weighted by Crippen LogP contribution is -2.43. The number of hydrogen-bond donors (Lipinski definition) is 1. The quantitative estimate of drug-likeness (QED) is 0.921. The highest BCUT2D eigenvalue weighted by molar-refractivity contribution is 5.70. The van der Waals surface area contributed by atoms with Crippen LogP contribution in [0.2, 0.25) is 0 Å². The summed E-state index contributed by atoms with van der Waals surface area (Å²) in [4.78, 5) is 13.9. The first-order valence-corrected chi connectivity index (χ1v) is 7.55. The van der Waals surface area contributed by atoms with Crippen molar-refractivity contribution in [3.63, 3.8) is 0 Å². The Morgan fingerprint density at radius 3 is 2.67 bits per heavy atom. The molecule has 0 saturated carbocycles. The van der Waals surface area contributed by atoms with Gasteiger partial charge < -0.3 is 14.8 Å². The van der Waals surface area contributed by atoms with Gasteiger partial charge in [0.05, 0.1) is 13.2 Å². The van der Waals surface area contributed by atoms with Crippen molar-refractivity contribution in [2.75, 3.05) is 26.8 Å². The summed E-state index contributed by atoms with van der Waals surface area (Å²) in [5.74, 6) is 1.37. The fourth-order valence-electron chi connectivity index (χ4n) is 3.19. The smallest absolute Gasteiger partial charge is 0.410 e. The lowest BCUT2D eigenvalue weighted by atomic mass is 9.90. The monoisotopic (exact) mass is 290 g/mol. The van der Waals surface area contributed by atoms with Crippen LogP contribution >= 0.6 is 0 Å². The third-order valence-corrected chi connectivity index (χ3v) is 4.45. The zero-order chi connectivity index (χ0) is 14.7. The number of carbonyl (C=O) groups is 1.